The molecule has 124 valence electrons. The van der Waals surface area contributed by atoms with Gasteiger partial charge >= 0.3 is 0 Å². The zero-order valence-electron chi connectivity index (χ0n) is 14.3. The first-order valence-corrected chi connectivity index (χ1v) is 8.58. The van der Waals surface area contributed by atoms with Crippen LogP contribution < -0.4 is 0 Å². The summed E-state index contributed by atoms with van der Waals surface area (Å²) in [4.78, 5) is 11.2. The van der Waals surface area contributed by atoms with E-state index in [0.29, 0.717) is 12.0 Å². The van der Waals surface area contributed by atoms with Crippen molar-refractivity contribution in [1.82, 2.24) is 14.9 Å². The van der Waals surface area contributed by atoms with E-state index in [0.717, 1.165) is 22.5 Å². The summed E-state index contributed by atoms with van der Waals surface area (Å²) in [6, 6.07) is 12.4. The fraction of sp³-hybridized carbons (Fsp3) is 0.300. The van der Waals surface area contributed by atoms with Crippen molar-refractivity contribution in [2.45, 2.75) is 26.4 Å². The van der Waals surface area contributed by atoms with Gasteiger partial charge in [-0.15, -0.1) is 0 Å². The highest BCUT2D eigenvalue weighted by Gasteiger charge is 2.22. The maximum atomic E-state index is 6.31. The molecule has 0 spiro atoms. The summed E-state index contributed by atoms with van der Waals surface area (Å²) in [6.45, 7) is 5.29. The van der Waals surface area contributed by atoms with Crippen LogP contribution in [0.3, 0.4) is 0 Å². The number of aromatic nitrogens is 2. The van der Waals surface area contributed by atoms with Crippen molar-refractivity contribution in [1.29, 1.82) is 0 Å². The SMILES string of the molecule is CC(C)C(c1cccnc1)N(C)Cc1ccc(Cl)c2cccnc12. The summed E-state index contributed by atoms with van der Waals surface area (Å²) in [5.74, 6) is 0.478. The molecular formula is C20H22ClN3. The minimum absolute atomic E-state index is 0.299. The number of fused-ring (bicyclic) bond motifs is 1. The predicted octanol–water partition coefficient (Wildman–Crippen LogP) is 5.11. The fourth-order valence-corrected chi connectivity index (χ4v) is 3.61. The highest BCUT2D eigenvalue weighted by atomic mass is 35.5. The van der Waals surface area contributed by atoms with E-state index in [1.54, 1.807) is 0 Å². The van der Waals surface area contributed by atoms with Crippen LogP contribution in [0.4, 0.5) is 0 Å². The molecule has 1 unspecified atom stereocenters. The van der Waals surface area contributed by atoms with E-state index in [2.05, 4.69) is 47.9 Å². The highest BCUT2D eigenvalue weighted by molar-refractivity contribution is 6.35. The third kappa shape index (κ3) is 3.42. The third-order valence-electron chi connectivity index (χ3n) is 4.35. The lowest BCUT2D eigenvalue weighted by Gasteiger charge is -2.31. The number of hydrogen-bond donors (Lipinski definition) is 0. The molecule has 1 atom stereocenters. The van der Waals surface area contributed by atoms with Crippen LogP contribution in [0.25, 0.3) is 10.9 Å². The second-order valence-electron chi connectivity index (χ2n) is 6.50. The normalized spacial score (nSPS) is 12.9. The Hall–Kier alpha value is -1.97. The number of benzene rings is 1. The predicted molar refractivity (Wildman–Crippen MR) is 100 cm³/mol. The molecule has 0 saturated heterocycles. The summed E-state index contributed by atoms with van der Waals surface area (Å²) in [7, 11) is 2.15. The number of nitrogens with zero attached hydrogens (tertiary/aromatic N) is 3. The summed E-state index contributed by atoms with van der Waals surface area (Å²) in [5, 5.41) is 1.75. The number of pyridine rings is 2. The average Bonchev–Trinajstić information content (AvgIpc) is 2.58. The van der Waals surface area contributed by atoms with Crippen LogP contribution in [0.15, 0.2) is 55.0 Å². The van der Waals surface area contributed by atoms with Gasteiger partial charge in [0.25, 0.3) is 0 Å². The molecule has 24 heavy (non-hydrogen) atoms. The average molecular weight is 340 g/mol. The van der Waals surface area contributed by atoms with Gasteiger partial charge in [0.15, 0.2) is 0 Å². The van der Waals surface area contributed by atoms with E-state index in [4.69, 9.17) is 11.6 Å². The molecule has 2 aromatic heterocycles. The molecule has 0 aliphatic carbocycles. The molecule has 4 heteroatoms. The van der Waals surface area contributed by atoms with Gasteiger partial charge in [0.1, 0.15) is 0 Å². The Morgan fingerprint density at radius 2 is 1.88 bits per heavy atom. The fourth-order valence-electron chi connectivity index (χ4n) is 3.39. The number of hydrogen-bond acceptors (Lipinski definition) is 3. The van der Waals surface area contributed by atoms with Crippen LogP contribution >= 0.6 is 11.6 Å². The molecule has 0 bridgehead atoms. The van der Waals surface area contributed by atoms with Gasteiger partial charge in [-0.2, -0.15) is 0 Å². The maximum Gasteiger partial charge on any atom is 0.0761 e. The highest BCUT2D eigenvalue weighted by Crippen LogP contribution is 2.30. The molecule has 1 aromatic carbocycles. The van der Waals surface area contributed by atoms with Gasteiger partial charge in [-0.05, 0) is 48.4 Å². The number of rotatable bonds is 5. The Morgan fingerprint density at radius 3 is 2.58 bits per heavy atom. The van der Waals surface area contributed by atoms with Gasteiger partial charge in [-0.1, -0.05) is 37.6 Å². The molecule has 3 rings (SSSR count). The van der Waals surface area contributed by atoms with Gasteiger partial charge in [0.05, 0.1) is 5.52 Å². The molecular weight excluding hydrogens is 318 g/mol. The van der Waals surface area contributed by atoms with Crippen molar-refractivity contribution in [3.05, 3.63) is 71.1 Å². The zero-order valence-corrected chi connectivity index (χ0v) is 15.0. The zero-order chi connectivity index (χ0) is 17.1. The minimum Gasteiger partial charge on any atom is -0.295 e. The van der Waals surface area contributed by atoms with Crippen molar-refractivity contribution in [3.8, 4) is 0 Å². The maximum absolute atomic E-state index is 6.31. The Kier molecular flexibility index (Phi) is 5.12. The van der Waals surface area contributed by atoms with Crippen LogP contribution in [0.1, 0.15) is 31.0 Å². The smallest absolute Gasteiger partial charge is 0.0761 e. The Labute approximate surface area is 148 Å². The second-order valence-corrected chi connectivity index (χ2v) is 6.90. The van der Waals surface area contributed by atoms with Crippen molar-refractivity contribution in [2.75, 3.05) is 7.05 Å². The molecule has 0 N–H and O–H groups in total. The van der Waals surface area contributed by atoms with E-state index in [-0.39, 0.29) is 0 Å². The lowest BCUT2D eigenvalue weighted by Crippen LogP contribution is -2.28. The monoisotopic (exact) mass is 339 g/mol. The summed E-state index contributed by atoms with van der Waals surface area (Å²) in [6.07, 6.45) is 5.60. The first-order chi connectivity index (χ1) is 11.6. The largest absolute Gasteiger partial charge is 0.295 e. The Bertz CT molecular complexity index is 817. The van der Waals surface area contributed by atoms with E-state index < -0.39 is 0 Å². The quantitative estimate of drug-likeness (QED) is 0.646. The molecule has 3 nitrogen and oxygen atoms in total. The topological polar surface area (TPSA) is 29.0 Å². The van der Waals surface area contributed by atoms with Crippen molar-refractivity contribution in [3.63, 3.8) is 0 Å². The standard InChI is InChI=1S/C20H22ClN3/c1-14(2)20(15-6-4-10-22-12-15)24(3)13-16-8-9-18(21)17-7-5-11-23-19(16)17/h4-12,14,20H,13H2,1-3H3. The van der Waals surface area contributed by atoms with Crippen LogP contribution in [0.5, 0.6) is 0 Å². The number of halogens is 1. The van der Waals surface area contributed by atoms with Crippen molar-refractivity contribution in [2.24, 2.45) is 5.92 Å². The molecule has 0 aliphatic heterocycles. The molecule has 2 heterocycles. The third-order valence-corrected chi connectivity index (χ3v) is 4.68. The minimum atomic E-state index is 0.299. The summed E-state index contributed by atoms with van der Waals surface area (Å²) in [5.41, 5.74) is 3.40. The molecule has 0 radical (unpaired) electrons. The van der Waals surface area contributed by atoms with Gasteiger partial charge in [0.2, 0.25) is 0 Å². The molecule has 3 aromatic rings. The van der Waals surface area contributed by atoms with E-state index in [1.165, 1.54) is 11.1 Å². The van der Waals surface area contributed by atoms with Crippen LogP contribution in [0.2, 0.25) is 5.02 Å². The molecule has 0 saturated carbocycles. The lowest BCUT2D eigenvalue weighted by atomic mass is 9.95. The molecule has 0 fully saturated rings. The lowest BCUT2D eigenvalue weighted by molar-refractivity contribution is 0.186. The molecule has 0 aliphatic rings. The summed E-state index contributed by atoms with van der Waals surface area (Å²) >= 11 is 6.31. The van der Waals surface area contributed by atoms with Gasteiger partial charge < -0.3 is 0 Å². The van der Waals surface area contributed by atoms with Crippen LogP contribution in [-0.4, -0.2) is 21.9 Å². The Balaban J connectivity index is 1.94. The Morgan fingerprint density at radius 1 is 1.08 bits per heavy atom. The van der Waals surface area contributed by atoms with E-state index >= 15 is 0 Å². The molecule has 0 amide bonds. The first-order valence-electron chi connectivity index (χ1n) is 8.20. The van der Waals surface area contributed by atoms with Crippen molar-refractivity contribution >= 4 is 22.5 Å². The van der Waals surface area contributed by atoms with E-state index in [1.807, 2.05) is 42.9 Å². The van der Waals surface area contributed by atoms with E-state index in [9.17, 15) is 0 Å². The first kappa shape index (κ1) is 16.9. The van der Waals surface area contributed by atoms with Crippen LogP contribution in [0, 0.1) is 5.92 Å². The van der Waals surface area contributed by atoms with Crippen LogP contribution in [-0.2, 0) is 6.54 Å². The van der Waals surface area contributed by atoms with Gasteiger partial charge in [-0.3, -0.25) is 14.9 Å². The summed E-state index contributed by atoms with van der Waals surface area (Å²) < 4.78 is 0. The van der Waals surface area contributed by atoms with Crippen molar-refractivity contribution < 1.29 is 0 Å². The van der Waals surface area contributed by atoms with Gasteiger partial charge in [0, 0.05) is 41.6 Å². The second kappa shape index (κ2) is 7.29. The van der Waals surface area contributed by atoms with Gasteiger partial charge in [-0.25, -0.2) is 0 Å².